The van der Waals surface area contributed by atoms with E-state index in [4.69, 9.17) is 11.6 Å². The molecule has 0 spiro atoms. The Kier molecular flexibility index (Phi) is 5.96. The van der Waals surface area contributed by atoms with Crippen molar-refractivity contribution >= 4 is 38.6 Å². The van der Waals surface area contributed by atoms with Gasteiger partial charge in [-0.2, -0.15) is 4.31 Å². The van der Waals surface area contributed by atoms with Crippen molar-refractivity contribution in [2.45, 2.75) is 6.54 Å². The molecule has 2 heterocycles. The first kappa shape index (κ1) is 20.0. The van der Waals surface area contributed by atoms with Gasteiger partial charge in [0.15, 0.2) is 0 Å². The molecule has 2 aromatic carbocycles. The van der Waals surface area contributed by atoms with E-state index in [0.717, 1.165) is 28.6 Å². The molecule has 1 aliphatic heterocycles. The molecule has 0 N–H and O–H groups in total. The molecule has 7 heteroatoms. The van der Waals surface area contributed by atoms with Crippen LogP contribution in [0.15, 0.2) is 66.2 Å². The molecule has 0 bridgehead atoms. The lowest BCUT2D eigenvalue weighted by Gasteiger charge is -2.33. The lowest BCUT2D eigenvalue weighted by Crippen LogP contribution is -2.47. The zero-order valence-corrected chi connectivity index (χ0v) is 17.5. The molecule has 1 aliphatic rings. The van der Waals surface area contributed by atoms with Crippen molar-refractivity contribution in [3.8, 4) is 0 Å². The number of benzene rings is 2. The molecule has 1 aromatic heterocycles. The van der Waals surface area contributed by atoms with E-state index in [-0.39, 0.29) is 0 Å². The molecule has 0 radical (unpaired) electrons. The summed E-state index contributed by atoms with van der Waals surface area (Å²) in [6.45, 7) is 3.02. The largest absolute Gasteiger partial charge is 0.296 e. The van der Waals surface area contributed by atoms with Crippen LogP contribution in [-0.2, 0) is 16.6 Å². The van der Waals surface area contributed by atoms with E-state index in [1.165, 1.54) is 5.41 Å². The van der Waals surface area contributed by atoms with Crippen LogP contribution in [0.2, 0.25) is 5.02 Å². The highest BCUT2D eigenvalue weighted by atomic mass is 35.5. The van der Waals surface area contributed by atoms with Gasteiger partial charge >= 0.3 is 0 Å². The number of sulfonamides is 1. The van der Waals surface area contributed by atoms with Crippen molar-refractivity contribution in [2.75, 3.05) is 26.2 Å². The van der Waals surface area contributed by atoms with E-state index in [0.29, 0.717) is 31.2 Å². The number of rotatable bonds is 5. The quantitative estimate of drug-likeness (QED) is 0.617. The molecular weight excluding hydrogens is 406 g/mol. The topological polar surface area (TPSA) is 53.5 Å². The molecule has 0 saturated carbocycles. The smallest absolute Gasteiger partial charge is 0.236 e. The van der Waals surface area contributed by atoms with Gasteiger partial charge in [0, 0.05) is 54.7 Å². The number of aromatic nitrogens is 1. The molecule has 3 aromatic rings. The predicted octanol–water partition coefficient (Wildman–Crippen LogP) is 4.01. The number of piperazine rings is 1. The van der Waals surface area contributed by atoms with Crippen LogP contribution in [0.4, 0.5) is 0 Å². The average molecular weight is 428 g/mol. The van der Waals surface area contributed by atoms with Crippen LogP contribution in [0.1, 0.15) is 11.1 Å². The highest BCUT2D eigenvalue weighted by Gasteiger charge is 2.25. The van der Waals surface area contributed by atoms with E-state index in [1.54, 1.807) is 16.6 Å². The lowest BCUT2D eigenvalue weighted by atomic mass is 10.1. The molecule has 5 nitrogen and oxygen atoms in total. The molecule has 4 rings (SSSR count). The number of halogens is 1. The van der Waals surface area contributed by atoms with E-state index in [1.807, 2.05) is 54.6 Å². The highest BCUT2D eigenvalue weighted by molar-refractivity contribution is 7.92. The van der Waals surface area contributed by atoms with Crippen LogP contribution < -0.4 is 0 Å². The van der Waals surface area contributed by atoms with E-state index in [9.17, 15) is 8.42 Å². The lowest BCUT2D eigenvalue weighted by molar-refractivity contribution is 0.183. The minimum Gasteiger partial charge on any atom is -0.296 e. The standard InChI is InChI=1S/C22H22ClN3O2S/c23-21-9-8-19(22-20(21)7-4-11-24-22)17-25-12-14-26(15-13-25)29(27,28)16-10-18-5-2-1-3-6-18/h1-11,16H,12-15,17H2. The first-order valence-corrected chi connectivity index (χ1v) is 11.4. The van der Waals surface area contributed by atoms with Gasteiger partial charge in [0.2, 0.25) is 10.0 Å². The van der Waals surface area contributed by atoms with Gasteiger partial charge in [-0.1, -0.05) is 48.0 Å². The maximum atomic E-state index is 12.6. The Balaban J connectivity index is 1.41. The van der Waals surface area contributed by atoms with Crippen LogP contribution in [0.5, 0.6) is 0 Å². The number of fused-ring (bicyclic) bond motifs is 1. The van der Waals surface area contributed by atoms with Gasteiger partial charge in [-0.25, -0.2) is 8.42 Å². The van der Waals surface area contributed by atoms with Crippen molar-refractivity contribution < 1.29 is 8.42 Å². The van der Waals surface area contributed by atoms with Crippen molar-refractivity contribution in [2.24, 2.45) is 0 Å². The summed E-state index contributed by atoms with van der Waals surface area (Å²) in [6.07, 6.45) is 3.42. The van der Waals surface area contributed by atoms with Crippen molar-refractivity contribution in [1.29, 1.82) is 0 Å². The minimum absolute atomic E-state index is 0.473. The molecule has 1 fully saturated rings. The van der Waals surface area contributed by atoms with Gasteiger partial charge in [0.25, 0.3) is 0 Å². The first-order valence-electron chi connectivity index (χ1n) is 9.51. The fraction of sp³-hybridized carbons (Fsp3) is 0.227. The van der Waals surface area contributed by atoms with E-state index < -0.39 is 10.0 Å². The fourth-order valence-corrected chi connectivity index (χ4v) is 4.91. The Labute approximate surface area is 176 Å². The summed E-state index contributed by atoms with van der Waals surface area (Å²) in [5, 5.41) is 2.94. The average Bonchev–Trinajstić information content (AvgIpc) is 2.76. The predicted molar refractivity (Wildman–Crippen MR) is 118 cm³/mol. The van der Waals surface area contributed by atoms with Crippen LogP contribution in [0, 0.1) is 0 Å². The van der Waals surface area contributed by atoms with Gasteiger partial charge in [-0.05, 0) is 35.4 Å². The third-order valence-electron chi connectivity index (χ3n) is 5.12. The Morgan fingerprint density at radius 2 is 1.72 bits per heavy atom. The Hall–Kier alpha value is -2.25. The third kappa shape index (κ3) is 4.67. The molecule has 0 unspecified atom stereocenters. The molecule has 29 heavy (non-hydrogen) atoms. The maximum Gasteiger partial charge on any atom is 0.236 e. The van der Waals surface area contributed by atoms with Crippen molar-refractivity contribution in [3.63, 3.8) is 0 Å². The Bertz CT molecular complexity index is 1130. The second-order valence-electron chi connectivity index (χ2n) is 7.04. The highest BCUT2D eigenvalue weighted by Crippen LogP contribution is 2.26. The van der Waals surface area contributed by atoms with Crippen molar-refractivity contribution in [3.05, 3.63) is 82.4 Å². The summed E-state index contributed by atoms with van der Waals surface area (Å²) in [6, 6.07) is 17.2. The zero-order chi connectivity index (χ0) is 20.3. The second-order valence-corrected chi connectivity index (χ2v) is 9.27. The SMILES string of the molecule is O=S(=O)(C=Cc1ccccc1)N1CCN(Cc2ccc(Cl)c3cccnc23)CC1. The summed E-state index contributed by atoms with van der Waals surface area (Å²) in [5.74, 6) is 0. The zero-order valence-electron chi connectivity index (χ0n) is 15.9. The molecule has 150 valence electrons. The second kappa shape index (κ2) is 8.63. The van der Waals surface area contributed by atoms with Gasteiger partial charge in [-0.15, -0.1) is 0 Å². The molecule has 0 aliphatic carbocycles. The Morgan fingerprint density at radius 3 is 2.48 bits per heavy atom. The fourth-order valence-electron chi connectivity index (χ4n) is 3.52. The van der Waals surface area contributed by atoms with E-state index >= 15 is 0 Å². The van der Waals surface area contributed by atoms with E-state index in [2.05, 4.69) is 9.88 Å². The van der Waals surface area contributed by atoms with Crippen LogP contribution in [0.25, 0.3) is 17.0 Å². The summed E-state index contributed by atoms with van der Waals surface area (Å²) < 4.78 is 26.8. The molecule has 0 atom stereocenters. The number of hydrogen-bond acceptors (Lipinski definition) is 4. The van der Waals surface area contributed by atoms with Crippen molar-refractivity contribution in [1.82, 2.24) is 14.2 Å². The van der Waals surface area contributed by atoms with Gasteiger partial charge < -0.3 is 0 Å². The summed E-state index contributed by atoms with van der Waals surface area (Å²) in [4.78, 5) is 6.74. The molecular formula is C22H22ClN3O2S. The van der Waals surface area contributed by atoms with Crippen LogP contribution >= 0.6 is 11.6 Å². The number of pyridine rings is 1. The minimum atomic E-state index is -3.42. The monoisotopic (exact) mass is 427 g/mol. The summed E-state index contributed by atoms with van der Waals surface area (Å²) in [5.41, 5.74) is 2.88. The van der Waals surface area contributed by atoms with Crippen LogP contribution in [-0.4, -0.2) is 48.8 Å². The summed E-state index contributed by atoms with van der Waals surface area (Å²) >= 11 is 6.28. The van der Waals surface area contributed by atoms with Crippen LogP contribution in [0.3, 0.4) is 0 Å². The number of hydrogen-bond donors (Lipinski definition) is 0. The Morgan fingerprint density at radius 1 is 0.966 bits per heavy atom. The van der Waals surface area contributed by atoms with Gasteiger partial charge in [0.1, 0.15) is 0 Å². The third-order valence-corrected chi connectivity index (χ3v) is 7.01. The summed E-state index contributed by atoms with van der Waals surface area (Å²) in [7, 11) is -3.42. The van der Waals surface area contributed by atoms with Gasteiger partial charge in [-0.3, -0.25) is 9.88 Å². The maximum absolute atomic E-state index is 12.6. The first-order chi connectivity index (χ1) is 14.0. The molecule has 1 saturated heterocycles. The van der Waals surface area contributed by atoms with Gasteiger partial charge in [0.05, 0.1) is 5.52 Å². The molecule has 0 amide bonds. The normalized spacial score (nSPS) is 16.6. The number of nitrogens with zero attached hydrogens (tertiary/aromatic N) is 3.